The van der Waals surface area contributed by atoms with E-state index in [1.807, 2.05) is 0 Å². The van der Waals surface area contributed by atoms with Gasteiger partial charge in [-0.15, -0.1) is 0 Å². The standard InChI is InChI=1S/C20H39N/c1-6-8-9-10-14-21-19-17(7-2)12-11-13-18(19)16(3)15-20(21,4)5/h16-19H,6-15H2,1-5H3. The van der Waals surface area contributed by atoms with Crippen LogP contribution in [0.15, 0.2) is 0 Å². The van der Waals surface area contributed by atoms with Crippen molar-refractivity contribution >= 4 is 0 Å². The monoisotopic (exact) mass is 293 g/mol. The zero-order valence-electron chi connectivity index (χ0n) is 15.3. The number of rotatable bonds is 6. The molecule has 4 unspecified atom stereocenters. The third kappa shape index (κ3) is 3.84. The second-order valence-electron chi connectivity index (χ2n) is 8.50. The summed E-state index contributed by atoms with van der Waals surface area (Å²) < 4.78 is 0. The molecule has 1 saturated carbocycles. The van der Waals surface area contributed by atoms with Crippen LogP contribution in [0.3, 0.4) is 0 Å². The Labute approximate surface area is 133 Å². The van der Waals surface area contributed by atoms with Gasteiger partial charge in [0.2, 0.25) is 0 Å². The Morgan fingerprint density at radius 2 is 1.81 bits per heavy atom. The van der Waals surface area contributed by atoms with E-state index in [0.717, 1.165) is 23.8 Å². The number of likely N-dealkylation sites (tertiary alicyclic amines) is 1. The molecule has 1 heterocycles. The third-order valence-corrected chi connectivity index (χ3v) is 6.50. The molecule has 21 heavy (non-hydrogen) atoms. The summed E-state index contributed by atoms with van der Waals surface area (Å²) in [6.45, 7) is 13.6. The van der Waals surface area contributed by atoms with Gasteiger partial charge in [-0.25, -0.2) is 0 Å². The molecule has 0 aromatic rings. The fourth-order valence-corrected chi connectivity index (χ4v) is 5.48. The first kappa shape index (κ1) is 17.3. The largest absolute Gasteiger partial charge is 0.295 e. The quantitative estimate of drug-likeness (QED) is 0.553. The molecule has 1 nitrogen and oxygen atoms in total. The predicted octanol–water partition coefficient (Wildman–Crippen LogP) is 5.88. The van der Waals surface area contributed by atoms with Crippen LogP contribution in [0.4, 0.5) is 0 Å². The van der Waals surface area contributed by atoms with E-state index in [2.05, 4.69) is 39.5 Å². The van der Waals surface area contributed by atoms with Gasteiger partial charge in [-0.05, 0) is 63.8 Å². The van der Waals surface area contributed by atoms with Gasteiger partial charge in [0, 0.05) is 11.6 Å². The van der Waals surface area contributed by atoms with E-state index in [1.165, 1.54) is 64.3 Å². The Kier molecular flexibility index (Phi) is 6.17. The SMILES string of the molecule is CCCCCCN1C2C(CC)CCCC2C(C)CC1(C)C. The van der Waals surface area contributed by atoms with Crippen molar-refractivity contribution in [2.75, 3.05) is 6.54 Å². The molecule has 0 aromatic heterocycles. The molecule has 2 aliphatic rings. The third-order valence-electron chi connectivity index (χ3n) is 6.50. The van der Waals surface area contributed by atoms with E-state index in [9.17, 15) is 0 Å². The summed E-state index contributed by atoms with van der Waals surface area (Å²) in [6, 6.07) is 0.879. The fourth-order valence-electron chi connectivity index (χ4n) is 5.48. The lowest BCUT2D eigenvalue weighted by Crippen LogP contribution is -2.62. The molecular weight excluding hydrogens is 254 g/mol. The van der Waals surface area contributed by atoms with Crippen molar-refractivity contribution in [1.82, 2.24) is 4.90 Å². The van der Waals surface area contributed by atoms with Crippen molar-refractivity contribution in [3.05, 3.63) is 0 Å². The van der Waals surface area contributed by atoms with E-state index < -0.39 is 0 Å². The Morgan fingerprint density at radius 3 is 2.48 bits per heavy atom. The van der Waals surface area contributed by atoms with Crippen LogP contribution in [0.1, 0.15) is 92.4 Å². The van der Waals surface area contributed by atoms with Gasteiger partial charge in [0.1, 0.15) is 0 Å². The van der Waals surface area contributed by atoms with Gasteiger partial charge in [-0.2, -0.15) is 0 Å². The van der Waals surface area contributed by atoms with Gasteiger partial charge < -0.3 is 0 Å². The number of nitrogens with zero attached hydrogens (tertiary/aromatic N) is 1. The number of hydrogen-bond donors (Lipinski definition) is 0. The van der Waals surface area contributed by atoms with Crippen LogP contribution in [0.5, 0.6) is 0 Å². The highest BCUT2D eigenvalue weighted by molar-refractivity contribution is 5.02. The zero-order chi connectivity index (χ0) is 15.5. The summed E-state index contributed by atoms with van der Waals surface area (Å²) in [5, 5.41) is 0. The summed E-state index contributed by atoms with van der Waals surface area (Å²) >= 11 is 0. The summed E-state index contributed by atoms with van der Waals surface area (Å²) in [7, 11) is 0. The minimum absolute atomic E-state index is 0.414. The Hall–Kier alpha value is -0.0400. The summed E-state index contributed by atoms with van der Waals surface area (Å²) in [5.74, 6) is 2.85. The average Bonchev–Trinajstić information content (AvgIpc) is 2.45. The predicted molar refractivity (Wildman–Crippen MR) is 93.6 cm³/mol. The molecule has 0 bridgehead atoms. The Balaban J connectivity index is 2.11. The molecule has 1 saturated heterocycles. The number of hydrogen-bond acceptors (Lipinski definition) is 1. The molecular formula is C20H39N. The minimum atomic E-state index is 0.414. The Bertz CT molecular complexity index is 309. The molecule has 2 fully saturated rings. The first-order valence-corrected chi connectivity index (χ1v) is 9.78. The smallest absolute Gasteiger partial charge is 0.0159 e. The van der Waals surface area contributed by atoms with Crippen LogP contribution in [-0.2, 0) is 0 Å². The van der Waals surface area contributed by atoms with E-state index in [1.54, 1.807) is 0 Å². The highest BCUT2D eigenvalue weighted by atomic mass is 15.2. The van der Waals surface area contributed by atoms with Crippen molar-refractivity contribution in [3.63, 3.8) is 0 Å². The van der Waals surface area contributed by atoms with Crippen LogP contribution >= 0.6 is 0 Å². The van der Waals surface area contributed by atoms with Gasteiger partial charge in [0.25, 0.3) is 0 Å². The van der Waals surface area contributed by atoms with Crippen molar-refractivity contribution in [2.45, 2.75) is 104 Å². The fraction of sp³-hybridized carbons (Fsp3) is 1.00. The zero-order valence-corrected chi connectivity index (χ0v) is 15.3. The van der Waals surface area contributed by atoms with Gasteiger partial charge >= 0.3 is 0 Å². The molecule has 1 heteroatoms. The molecule has 0 aromatic carbocycles. The van der Waals surface area contributed by atoms with Crippen molar-refractivity contribution in [1.29, 1.82) is 0 Å². The molecule has 4 atom stereocenters. The summed E-state index contributed by atoms with van der Waals surface area (Å²) in [5.41, 5.74) is 0.414. The normalized spacial score (nSPS) is 36.4. The first-order chi connectivity index (χ1) is 10.0. The Morgan fingerprint density at radius 1 is 1.05 bits per heavy atom. The molecule has 124 valence electrons. The summed E-state index contributed by atoms with van der Waals surface area (Å²) in [4.78, 5) is 2.96. The van der Waals surface area contributed by atoms with Gasteiger partial charge in [0.05, 0.1) is 0 Å². The lowest BCUT2D eigenvalue weighted by atomic mass is 9.63. The molecule has 0 amide bonds. The number of fused-ring (bicyclic) bond motifs is 1. The summed E-state index contributed by atoms with van der Waals surface area (Å²) in [6.07, 6.45) is 12.8. The lowest BCUT2D eigenvalue weighted by molar-refractivity contribution is -0.0845. The average molecular weight is 294 g/mol. The molecule has 0 N–H and O–H groups in total. The maximum atomic E-state index is 2.96. The second-order valence-corrected chi connectivity index (χ2v) is 8.50. The van der Waals surface area contributed by atoms with Crippen LogP contribution < -0.4 is 0 Å². The lowest BCUT2D eigenvalue weighted by Gasteiger charge is -2.58. The molecule has 0 radical (unpaired) electrons. The van der Waals surface area contributed by atoms with Crippen LogP contribution in [0, 0.1) is 17.8 Å². The highest BCUT2D eigenvalue weighted by Gasteiger charge is 2.48. The molecule has 0 spiro atoms. The highest BCUT2D eigenvalue weighted by Crippen LogP contribution is 2.48. The van der Waals surface area contributed by atoms with Crippen LogP contribution in [-0.4, -0.2) is 23.0 Å². The maximum Gasteiger partial charge on any atom is 0.0159 e. The van der Waals surface area contributed by atoms with E-state index in [-0.39, 0.29) is 0 Å². The second kappa shape index (κ2) is 7.49. The van der Waals surface area contributed by atoms with Crippen molar-refractivity contribution in [2.24, 2.45) is 17.8 Å². The van der Waals surface area contributed by atoms with Crippen LogP contribution in [0.25, 0.3) is 0 Å². The van der Waals surface area contributed by atoms with E-state index in [4.69, 9.17) is 0 Å². The number of piperidine rings is 1. The number of unbranched alkanes of at least 4 members (excludes halogenated alkanes) is 3. The van der Waals surface area contributed by atoms with Crippen molar-refractivity contribution < 1.29 is 0 Å². The van der Waals surface area contributed by atoms with Gasteiger partial charge in [-0.1, -0.05) is 52.9 Å². The van der Waals surface area contributed by atoms with Crippen molar-refractivity contribution in [3.8, 4) is 0 Å². The molecule has 2 rings (SSSR count). The maximum absolute atomic E-state index is 2.96. The van der Waals surface area contributed by atoms with E-state index in [0.29, 0.717) is 5.54 Å². The molecule has 1 aliphatic carbocycles. The van der Waals surface area contributed by atoms with Crippen LogP contribution in [0.2, 0.25) is 0 Å². The van der Waals surface area contributed by atoms with Gasteiger partial charge in [-0.3, -0.25) is 4.90 Å². The molecule has 1 aliphatic heterocycles. The van der Waals surface area contributed by atoms with E-state index >= 15 is 0 Å². The van der Waals surface area contributed by atoms with Gasteiger partial charge in [0.15, 0.2) is 0 Å². The minimum Gasteiger partial charge on any atom is -0.295 e. The first-order valence-electron chi connectivity index (χ1n) is 9.78. The topological polar surface area (TPSA) is 3.24 Å².